The van der Waals surface area contributed by atoms with Crippen LogP contribution in [0.3, 0.4) is 0 Å². The molecule has 1 aliphatic rings. The van der Waals surface area contributed by atoms with Crippen molar-refractivity contribution in [2.75, 3.05) is 4.90 Å². The molecule has 1 aliphatic heterocycles. The van der Waals surface area contributed by atoms with Crippen molar-refractivity contribution in [1.82, 2.24) is 0 Å². The van der Waals surface area contributed by atoms with Gasteiger partial charge in [0.1, 0.15) is 0 Å². The van der Waals surface area contributed by atoms with E-state index in [2.05, 4.69) is 6.07 Å². The largest absolute Gasteiger partial charge is 0.375 e. The van der Waals surface area contributed by atoms with E-state index >= 15 is 0 Å². The fourth-order valence-electron chi connectivity index (χ4n) is 4.56. The van der Waals surface area contributed by atoms with Gasteiger partial charge in [-0.15, -0.1) is 0 Å². The highest BCUT2D eigenvalue weighted by molar-refractivity contribution is 6.11. The average molecular weight is 428 g/mol. The molecule has 3 aromatic carbocycles. The molecule has 1 heterocycles. The summed E-state index contributed by atoms with van der Waals surface area (Å²) in [5, 5.41) is 11.6. The van der Waals surface area contributed by atoms with E-state index in [1.54, 1.807) is 17.0 Å². The Morgan fingerprint density at radius 2 is 1.56 bits per heavy atom. The predicted octanol–water partition coefficient (Wildman–Crippen LogP) is 5.24. The van der Waals surface area contributed by atoms with Gasteiger partial charge in [-0.3, -0.25) is 9.59 Å². The van der Waals surface area contributed by atoms with Crippen LogP contribution in [-0.2, 0) is 16.9 Å². The van der Waals surface area contributed by atoms with Gasteiger partial charge in [0, 0.05) is 11.1 Å². The van der Waals surface area contributed by atoms with Gasteiger partial charge in [-0.2, -0.15) is 0 Å². The Morgan fingerprint density at radius 3 is 2.31 bits per heavy atom. The topological polar surface area (TPSA) is 57.6 Å². The van der Waals surface area contributed by atoms with E-state index in [0.717, 1.165) is 33.4 Å². The van der Waals surface area contributed by atoms with Crippen LogP contribution in [0.15, 0.2) is 54.6 Å². The minimum absolute atomic E-state index is 0.232. The Kier molecular flexibility index (Phi) is 5.51. The summed E-state index contributed by atoms with van der Waals surface area (Å²) in [6, 6.07) is 17.2. The molecule has 0 radical (unpaired) electrons. The van der Waals surface area contributed by atoms with Crippen molar-refractivity contribution in [1.29, 1.82) is 0 Å². The van der Waals surface area contributed by atoms with Crippen LogP contribution in [0.5, 0.6) is 0 Å². The predicted molar refractivity (Wildman–Crippen MR) is 127 cm³/mol. The molecule has 0 bridgehead atoms. The van der Waals surface area contributed by atoms with E-state index in [1.807, 2.05) is 71.0 Å². The van der Waals surface area contributed by atoms with Crippen LogP contribution in [0.25, 0.3) is 0 Å². The normalized spacial score (nSPS) is 17.6. The summed E-state index contributed by atoms with van der Waals surface area (Å²) >= 11 is 0. The first-order valence-electron chi connectivity index (χ1n) is 10.9. The third kappa shape index (κ3) is 3.65. The number of hydrogen-bond donors (Lipinski definition) is 1. The number of rotatable bonds is 5. The summed E-state index contributed by atoms with van der Waals surface area (Å²) in [6.45, 7) is 10.2. The second-order valence-electron chi connectivity index (χ2n) is 9.05. The Balaban J connectivity index is 1.71. The van der Waals surface area contributed by atoms with E-state index in [0.29, 0.717) is 23.4 Å². The molecule has 4 nitrogen and oxygen atoms in total. The highest BCUT2D eigenvalue weighted by Crippen LogP contribution is 2.44. The molecule has 0 aliphatic carbocycles. The molecule has 0 aromatic heterocycles. The molecular formula is C28H29NO3. The van der Waals surface area contributed by atoms with Gasteiger partial charge in [-0.25, -0.2) is 0 Å². The minimum Gasteiger partial charge on any atom is -0.375 e. The lowest BCUT2D eigenvalue weighted by Crippen LogP contribution is -2.41. The Morgan fingerprint density at radius 1 is 0.875 bits per heavy atom. The van der Waals surface area contributed by atoms with Crippen LogP contribution >= 0.6 is 0 Å². The lowest BCUT2D eigenvalue weighted by Gasteiger charge is -2.24. The molecule has 32 heavy (non-hydrogen) atoms. The zero-order valence-electron chi connectivity index (χ0n) is 19.3. The molecule has 1 amide bonds. The number of fused-ring (bicyclic) bond motifs is 1. The van der Waals surface area contributed by atoms with Crippen molar-refractivity contribution in [2.24, 2.45) is 0 Å². The van der Waals surface area contributed by atoms with Crippen LogP contribution in [0.1, 0.15) is 55.7 Å². The van der Waals surface area contributed by atoms with E-state index in [9.17, 15) is 14.7 Å². The summed E-state index contributed by atoms with van der Waals surface area (Å²) in [6.07, 6.45) is -0.282. The quantitative estimate of drug-likeness (QED) is 0.567. The number of benzene rings is 3. The second-order valence-corrected chi connectivity index (χ2v) is 9.05. The third-order valence-electron chi connectivity index (χ3n) is 6.63. The Bertz CT molecular complexity index is 1240. The van der Waals surface area contributed by atoms with Gasteiger partial charge in [-0.1, -0.05) is 48.0 Å². The van der Waals surface area contributed by atoms with Crippen molar-refractivity contribution in [3.63, 3.8) is 0 Å². The van der Waals surface area contributed by atoms with Crippen molar-refractivity contribution in [2.45, 2.75) is 53.2 Å². The lowest BCUT2D eigenvalue weighted by atomic mass is 9.86. The maximum atomic E-state index is 13.6. The average Bonchev–Trinajstić information content (AvgIpc) is 2.95. The van der Waals surface area contributed by atoms with Gasteiger partial charge in [-0.05, 0) is 74.6 Å². The highest BCUT2D eigenvalue weighted by Gasteiger charge is 2.50. The maximum absolute atomic E-state index is 13.6. The number of carbonyl (C=O) groups is 2. The summed E-state index contributed by atoms with van der Waals surface area (Å²) in [5.74, 6) is -0.681. The van der Waals surface area contributed by atoms with Crippen molar-refractivity contribution in [3.8, 4) is 0 Å². The van der Waals surface area contributed by atoms with Crippen LogP contribution < -0.4 is 4.90 Å². The SMILES string of the molecule is Cc1ccc(C)c(CN2C(=O)C(O)(CC(=O)c3cc(C)c(C)cc3C)c3ccccc32)c1. The molecule has 1 atom stereocenters. The number of para-hydroxylation sites is 1. The van der Waals surface area contributed by atoms with Gasteiger partial charge in [0.05, 0.1) is 18.7 Å². The van der Waals surface area contributed by atoms with Crippen LogP contribution in [0, 0.1) is 34.6 Å². The summed E-state index contributed by atoms with van der Waals surface area (Å²) in [7, 11) is 0. The standard InChI is InChI=1S/C28H29NO3/c1-17-10-11-18(2)22(12-17)16-29-25-9-7-6-8-24(25)28(32,27(29)31)15-26(30)23-14-20(4)19(3)13-21(23)5/h6-14,32H,15-16H2,1-5H3. The Hall–Kier alpha value is -3.24. The molecule has 0 fully saturated rings. The third-order valence-corrected chi connectivity index (χ3v) is 6.63. The van der Waals surface area contributed by atoms with Gasteiger partial charge in [0.25, 0.3) is 5.91 Å². The van der Waals surface area contributed by atoms with Crippen LogP contribution in [-0.4, -0.2) is 16.8 Å². The van der Waals surface area contributed by atoms with E-state index in [1.165, 1.54) is 0 Å². The van der Waals surface area contributed by atoms with Gasteiger partial charge in [0.2, 0.25) is 0 Å². The first-order valence-corrected chi connectivity index (χ1v) is 10.9. The fourth-order valence-corrected chi connectivity index (χ4v) is 4.56. The summed E-state index contributed by atoms with van der Waals surface area (Å²) in [4.78, 5) is 28.5. The minimum atomic E-state index is -1.88. The summed E-state index contributed by atoms with van der Waals surface area (Å²) in [5.41, 5.74) is 6.02. The van der Waals surface area contributed by atoms with Crippen LogP contribution in [0.2, 0.25) is 0 Å². The van der Waals surface area contributed by atoms with E-state index < -0.39 is 11.5 Å². The number of Topliss-reactive ketones (excluding diaryl/α,β-unsaturated/α-hetero) is 1. The molecule has 0 spiro atoms. The zero-order chi connectivity index (χ0) is 23.2. The van der Waals surface area contributed by atoms with Gasteiger partial charge in [0.15, 0.2) is 11.4 Å². The molecule has 164 valence electrons. The maximum Gasteiger partial charge on any atom is 0.264 e. The second kappa shape index (κ2) is 8.03. The van der Waals surface area contributed by atoms with Crippen molar-refractivity contribution >= 4 is 17.4 Å². The number of anilines is 1. The Labute approximate surface area is 189 Å². The molecule has 4 heteroatoms. The molecule has 0 saturated carbocycles. The van der Waals surface area contributed by atoms with Crippen LogP contribution in [0.4, 0.5) is 5.69 Å². The van der Waals surface area contributed by atoms with Gasteiger partial charge < -0.3 is 10.0 Å². The van der Waals surface area contributed by atoms with Gasteiger partial charge >= 0.3 is 0 Å². The first-order chi connectivity index (χ1) is 15.1. The molecule has 1 unspecified atom stereocenters. The number of aryl methyl sites for hydroxylation is 5. The van der Waals surface area contributed by atoms with E-state index in [-0.39, 0.29) is 12.2 Å². The first kappa shape index (κ1) is 22.0. The number of amides is 1. The molecule has 3 aromatic rings. The smallest absolute Gasteiger partial charge is 0.264 e. The zero-order valence-corrected chi connectivity index (χ0v) is 19.3. The number of hydrogen-bond acceptors (Lipinski definition) is 3. The number of aliphatic hydroxyl groups is 1. The molecule has 0 saturated heterocycles. The fraction of sp³-hybridized carbons (Fsp3) is 0.286. The number of carbonyl (C=O) groups excluding carboxylic acids is 2. The molecular weight excluding hydrogens is 398 g/mol. The van der Waals surface area contributed by atoms with Crippen molar-refractivity contribution in [3.05, 3.63) is 99.1 Å². The number of nitrogens with zero attached hydrogens (tertiary/aromatic N) is 1. The van der Waals surface area contributed by atoms with E-state index in [4.69, 9.17) is 0 Å². The highest BCUT2D eigenvalue weighted by atomic mass is 16.3. The molecule has 1 N–H and O–H groups in total. The summed E-state index contributed by atoms with van der Waals surface area (Å²) < 4.78 is 0. The monoisotopic (exact) mass is 427 g/mol. The molecule has 4 rings (SSSR count). The number of ketones is 1. The lowest BCUT2D eigenvalue weighted by molar-refractivity contribution is -0.136. The van der Waals surface area contributed by atoms with Crippen molar-refractivity contribution < 1.29 is 14.7 Å².